The Balaban J connectivity index is 0.00000205. The molecular formula is C23H24ClNO4. The average molecular weight is 414 g/mol. The van der Waals surface area contributed by atoms with Crippen LogP contribution in [0.5, 0.6) is 23.0 Å². The third kappa shape index (κ3) is 2.96. The Labute approximate surface area is 176 Å². The molecule has 0 radical (unpaired) electrons. The number of halogens is 1. The molecule has 2 aliphatic rings. The van der Waals surface area contributed by atoms with Crippen LogP contribution in [0.3, 0.4) is 0 Å². The van der Waals surface area contributed by atoms with Gasteiger partial charge in [-0.15, -0.1) is 0 Å². The van der Waals surface area contributed by atoms with Crippen LogP contribution in [-0.2, 0) is 19.4 Å². The maximum atomic E-state index is 5.99. The van der Waals surface area contributed by atoms with E-state index in [2.05, 4.69) is 35.9 Å². The van der Waals surface area contributed by atoms with Gasteiger partial charge < -0.3 is 31.4 Å². The van der Waals surface area contributed by atoms with Crippen molar-refractivity contribution in [3.05, 3.63) is 41.6 Å². The SMILES string of the molecule is CCOc1c(OC)ccc2c(CC)c3[n+](cc12)CCc1cc2c(cc1-3)OCO2.[Cl-]. The molecule has 5 rings (SSSR count). The quantitative estimate of drug-likeness (QED) is 0.600. The van der Waals surface area contributed by atoms with Crippen LogP contribution in [0.4, 0.5) is 0 Å². The lowest BCUT2D eigenvalue weighted by Crippen LogP contribution is -3.00. The molecule has 0 fully saturated rings. The van der Waals surface area contributed by atoms with Crippen LogP contribution >= 0.6 is 0 Å². The molecule has 0 amide bonds. The van der Waals surface area contributed by atoms with E-state index in [1.807, 2.05) is 13.0 Å². The summed E-state index contributed by atoms with van der Waals surface area (Å²) in [4.78, 5) is 0. The zero-order valence-corrected chi connectivity index (χ0v) is 17.6. The molecule has 0 unspecified atom stereocenters. The van der Waals surface area contributed by atoms with Gasteiger partial charge >= 0.3 is 0 Å². The standard InChI is InChI=1S/C23H24NO4.ClH/c1-4-15-16-6-7-19(25-3)23(26-5-2)18(16)12-24-9-8-14-10-20-21(28-13-27-20)11-17(14)22(15)24;/h6-7,10-12H,4-5,8-9,13H2,1-3H3;1H/q+1;/p-1. The molecule has 152 valence electrons. The summed E-state index contributed by atoms with van der Waals surface area (Å²) in [6.45, 7) is 6.04. The first kappa shape index (κ1) is 19.6. The van der Waals surface area contributed by atoms with Crippen LogP contribution in [0, 0.1) is 0 Å². The topological polar surface area (TPSA) is 40.8 Å². The number of fused-ring (bicyclic) bond motifs is 5. The van der Waals surface area contributed by atoms with Crippen LogP contribution in [-0.4, -0.2) is 20.5 Å². The van der Waals surface area contributed by atoms with Crippen LogP contribution in [0.15, 0.2) is 30.5 Å². The number of benzene rings is 2. The van der Waals surface area contributed by atoms with Gasteiger partial charge in [-0.3, -0.25) is 0 Å². The molecule has 2 aliphatic heterocycles. The zero-order chi connectivity index (χ0) is 19.3. The highest BCUT2D eigenvalue weighted by atomic mass is 35.5. The van der Waals surface area contributed by atoms with E-state index in [1.54, 1.807) is 7.11 Å². The number of nitrogens with zero attached hydrogens (tertiary/aromatic N) is 1. The molecule has 0 aliphatic carbocycles. The van der Waals surface area contributed by atoms with Crippen molar-refractivity contribution in [3.63, 3.8) is 0 Å². The Morgan fingerprint density at radius 1 is 1.07 bits per heavy atom. The lowest BCUT2D eigenvalue weighted by molar-refractivity contribution is -0.686. The van der Waals surface area contributed by atoms with Gasteiger partial charge in [0.1, 0.15) is 0 Å². The summed E-state index contributed by atoms with van der Waals surface area (Å²) in [5, 5.41) is 2.31. The van der Waals surface area contributed by atoms with E-state index < -0.39 is 0 Å². The molecule has 0 N–H and O–H groups in total. The number of hydrogen-bond acceptors (Lipinski definition) is 4. The minimum Gasteiger partial charge on any atom is -1.00 e. The smallest absolute Gasteiger partial charge is 0.231 e. The van der Waals surface area contributed by atoms with E-state index in [1.165, 1.54) is 27.8 Å². The Kier molecular flexibility index (Phi) is 5.17. The van der Waals surface area contributed by atoms with Crippen molar-refractivity contribution in [2.45, 2.75) is 33.2 Å². The van der Waals surface area contributed by atoms with Gasteiger partial charge in [-0.25, -0.2) is 0 Å². The molecule has 29 heavy (non-hydrogen) atoms. The van der Waals surface area contributed by atoms with Crippen molar-refractivity contribution in [3.8, 4) is 34.3 Å². The zero-order valence-electron chi connectivity index (χ0n) is 16.9. The summed E-state index contributed by atoms with van der Waals surface area (Å²) in [5.74, 6) is 3.29. The molecule has 5 nitrogen and oxygen atoms in total. The molecule has 3 aromatic rings. The van der Waals surface area contributed by atoms with Gasteiger partial charge in [0.2, 0.25) is 12.5 Å². The van der Waals surface area contributed by atoms with Gasteiger partial charge in [0.15, 0.2) is 35.7 Å². The Morgan fingerprint density at radius 3 is 2.59 bits per heavy atom. The van der Waals surface area contributed by atoms with Gasteiger partial charge in [-0.1, -0.05) is 6.92 Å². The van der Waals surface area contributed by atoms with Crippen LogP contribution in [0.2, 0.25) is 0 Å². The van der Waals surface area contributed by atoms with Crippen LogP contribution in [0.1, 0.15) is 25.0 Å². The fourth-order valence-corrected chi connectivity index (χ4v) is 4.45. The van der Waals surface area contributed by atoms with Gasteiger partial charge in [0, 0.05) is 17.4 Å². The largest absolute Gasteiger partial charge is 1.00 e. The third-order valence-corrected chi connectivity index (χ3v) is 5.68. The molecule has 0 bridgehead atoms. The number of hydrogen-bond donors (Lipinski definition) is 0. The number of methoxy groups -OCH3 is 1. The van der Waals surface area contributed by atoms with E-state index >= 15 is 0 Å². The highest BCUT2D eigenvalue weighted by molar-refractivity contribution is 5.95. The van der Waals surface area contributed by atoms with Gasteiger partial charge in [-0.05, 0) is 43.2 Å². The summed E-state index contributed by atoms with van der Waals surface area (Å²) in [6, 6.07) is 8.44. The summed E-state index contributed by atoms with van der Waals surface area (Å²) in [7, 11) is 1.69. The average Bonchev–Trinajstić information content (AvgIpc) is 3.18. The second kappa shape index (κ2) is 7.64. The molecule has 2 aromatic carbocycles. The summed E-state index contributed by atoms with van der Waals surface area (Å²) >= 11 is 0. The predicted molar refractivity (Wildman–Crippen MR) is 107 cm³/mol. The van der Waals surface area contributed by atoms with Crippen LogP contribution < -0.4 is 35.9 Å². The maximum Gasteiger partial charge on any atom is 0.231 e. The molecule has 0 spiro atoms. The van der Waals surface area contributed by atoms with E-state index in [0.29, 0.717) is 13.4 Å². The fourth-order valence-electron chi connectivity index (χ4n) is 4.45. The van der Waals surface area contributed by atoms with Crippen molar-refractivity contribution in [1.82, 2.24) is 0 Å². The summed E-state index contributed by atoms with van der Waals surface area (Å²) < 4.78 is 25.1. The van der Waals surface area contributed by atoms with E-state index in [-0.39, 0.29) is 12.4 Å². The van der Waals surface area contributed by atoms with E-state index in [9.17, 15) is 0 Å². The highest BCUT2D eigenvalue weighted by Crippen LogP contribution is 2.43. The lowest BCUT2D eigenvalue weighted by atomic mass is 9.90. The van der Waals surface area contributed by atoms with Crippen LogP contribution in [0.25, 0.3) is 22.0 Å². The summed E-state index contributed by atoms with van der Waals surface area (Å²) in [6.07, 6.45) is 4.11. The van der Waals surface area contributed by atoms with Crippen molar-refractivity contribution >= 4 is 10.8 Å². The first-order valence-corrected chi connectivity index (χ1v) is 9.86. The Morgan fingerprint density at radius 2 is 1.86 bits per heavy atom. The normalized spacial score (nSPS) is 13.5. The fraction of sp³-hybridized carbons (Fsp3) is 0.348. The Bertz CT molecular complexity index is 1100. The van der Waals surface area contributed by atoms with Gasteiger partial charge in [0.05, 0.1) is 24.7 Å². The molecule has 1 aromatic heterocycles. The lowest BCUT2D eigenvalue weighted by Gasteiger charge is -2.20. The van der Waals surface area contributed by atoms with Crippen molar-refractivity contribution < 1.29 is 35.9 Å². The Hall–Kier alpha value is -2.66. The minimum atomic E-state index is 0. The molecular weight excluding hydrogens is 390 g/mol. The van der Waals surface area contributed by atoms with E-state index in [0.717, 1.165) is 47.8 Å². The summed E-state index contributed by atoms with van der Waals surface area (Å²) in [5.41, 5.74) is 5.14. The second-order valence-corrected chi connectivity index (χ2v) is 7.11. The first-order valence-electron chi connectivity index (χ1n) is 9.86. The molecule has 0 atom stereocenters. The molecule has 0 saturated carbocycles. The second-order valence-electron chi connectivity index (χ2n) is 7.11. The van der Waals surface area contributed by atoms with Gasteiger partial charge in [-0.2, -0.15) is 4.57 Å². The van der Waals surface area contributed by atoms with Crippen molar-refractivity contribution in [1.29, 1.82) is 0 Å². The monoisotopic (exact) mass is 413 g/mol. The molecule has 3 heterocycles. The van der Waals surface area contributed by atoms with Gasteiger partial charge in [0.25, 0.3) is 0 Å². The number of rotatable bonds is 4. The maximum absolute atomic E-state index is 5.99. The predicted octanol–water partition coefficient (Wildman–Crippen LogP) is 1.05. The minimum absolute atomic E-state index is 0. The number of aryl methyl sites for hydroxylation is 3. The third-order valence-electron chi connectivity index (χ3n) is 5.68. The van der Waals surface area contributed by atoms with Crippen molar-refractivity contribution in [2.24, 2.45) is 0 Å². The highest BCUT2D eigenvalue weighted by Gasteiger charge is 2.31. The van der Waals surface area contributed by atoms with Crippen molar-refractivity contribution in [2.75, 3.05) is 20.5 Å². The van der Waals surface area contributed by atoms with E-state index in [4.69, 9.17) is 18.9 Å². The molecule has 6 heteroatoms. The number of aromatic nitrogens is 1. The molecule has 0 saturated heterocycles. The first-order chi connectivity index (χ1) is 13.7. The number of ether oxygens (including phenoxy) is 4. The number of pyridine rings is 1.